The molecular weight excluding hydrogens is 1100 g/mol. The Balaban J connectivity index is 6.11. The van der Waals surface area contributed by atoms with Crippen LogP contribution in [0.5, 0.6) is 0 Å². The summed E-state index contributed by atoms with van der Waals surface area (Å²) in [7, 11) is -3.27. The Morgan fingerprint density at radius 1 is 0.302 bits per heavy atom. The number of unbranched alkanes of at least 4 members (excludes halogenated alkanes) is 24. The third-order valence-electron chi connectivity index (χ3n) is 17.1. The summed E-state index contributed by atoms with van der Waals surface area (Å²) in [6, 6.07) is 0. The molecule has 0 saturated heterocycles. The van der Waals surface area contributed by atoms with Gasteiger partial charge in [-0.15, -0.1) is 0 Å². The highest BCUT2D eigenvalue weighted by molar-refractivity contribution is 7.64. The van der Waals surface area contributed by atoms with E-state index in [1.54, 1.807) is 0 Å². The molecule has 16 nitrogen and oxygen atoms in total. The molecule has 0 aromatic rings. The van der Waals surface area contributed by atoms with Gasteiger partial charge in [0.2, 0.25) is 17.7 Å². The van der Waals surface area contributed by atoms with E-state index in [-0.39, 0.29) is 75.1 Å². The first-order chi connectivity index (χ1) is 41.5. The van der Waals surface area contributed by atoms with Crippen molar-refractivity contribution in [1.29, 1.82) is 0 Å². The molecule has 0 heterocycles. The molecule has 0 saturated carbocycles. The largest absolute Gasteiger partial charge is 0.392 e. The number of aliphatic hydroxyl groups excluding tert-OH is 6. The average molecular weight is 1250 g/mol. The fraction of sp³-hybridized carbons (Fsp3) is 0.957. The Morgan fingerprint density at radius 3 is 0.651 bits per heavy atom. The molecule has 0 aliphatic rings. The normalized spacial score (nSPS) is 14.8. The molecule has 6 unspecified atom stereocenters. The van der Waals surface area contributed by atoms with Gasteiger partial charge in [-0.3, -0.25) is 29.1 Å². The van der Waals surface area contributed by atoms with Crippen molar-refractivity contribution in [2.24, 2.45) is 0 Å². The number of carbonyl (C=O) groups is 3. The summed E-state index contributed by atoms with van der Waals surface area (Å²) in [5.41, 5.74) is 0. The number of carbonyl (C=O) groups excluding carboxylic acids is 3. The zero-order valence-corrected chi connectivity index (χ0v) is 57.6. The predicted octanol–water partition coefficient (Wildman–Crippen LogP) is 12.1. The zero-order chi connectivity index (χ0) is 63.7. The second kappa shape index (κ2) is 59.6. The van der Waals surface area contributed by atoms with Crippen molar-refractivity contribution in [2.75, 3.05) is 97.0 Å². The van der Waals surface area contributed by atoms with E-state index in [0.29, 0.717) is 97.4 Å². The van der Waals surface area contributed by atoms with Gasteiger partial charge in [0, 0.05) is 116 Å². The zero-order valence-electron chi connectivity index (χ0n) is 56.8. The summed E-state index contributed by atoms with van der Waals surface area (Å²) < 4.78 is 14.9. The topological polar surface area (TPSA) is 235 Å². The Bertz CT molecular complexity index is 1350. The number of hydrogen-bond acceptors (Lipinski definition) is 13. The molecule has 0 radical (unpaired) electrons. The van der Waals surface area contributed by atoms with Crippen LogP contribution in [-0.4, -0.2) is 197 Å². The summed E-state index contributed by atoms with van der Waals surface area (Å²) >= 11 is 0. The molecule has 0 aromatic carbocycles. The van der Waals surface area contributed by atoms with Gasteiger partial charge >= 0.3 is 0 Å². The second-order valence-electron chi connectivity index (χ2n) is 25.9. The molecule has 0 aliphatic carbocycles. The first kappa shape index (κ1) is 84.3. The van der Waals surface area contributed by atoms with E-state index in [1.807, 2.05) is 14.7 Å². The molecular formula is C69H141N6O10P. The minimum Gasteiger partial charge on any atom is -0.392 e. The first-order valence-corrected chi connectivity index (χ1v) is 38.4. The van der Waals surface area contributed by atoms with E-state index < -0.39 is 43.8 Å². The van der Waals surface area contributed by atoms with Gasteiger partial charge in [-0.25, -0.2) is 0 Å². The van der Waals surface area contributed by atoms with Crippen LogP contribution in [0.1, 0.15) is 292 Å². The van der Waals surface area contributed by atoms with Crippen LogP contribution in [0, 0.1) is 0 Å². The quantitative estimate of drug-likeness (QED) is 0.0204. The maximum Gasteiger partial charge on any atom is 0.220 e. The third kappa shape index (κ3) is 54.1. The maximum atomic E-state index is 14.9. The van der Waals surface area contributed by atoms with Gasteiger partial charge in [0.25, 0.3) is 0 Å². The molecule has 0 aromatic heterocycles. The molecule has 86 heavy (non-hydrogen) atoms. The molecule has 0 aliphatic heterocycles. The minimum absolute atomic E-state index is 0.0253. The highest BCUT2D eigenvalue weighted by atomic mass is 31.2. The number of amides is 3. The number of hydrogen-bond donors (Lipinski definition) is 9. The van der Waals surface area contributed by atoms with E-state index >= 15 is 0 Å². The van der Waals surface area contributed by atoms with Gasteiger partial charge in [0.15, 0.2) is 0 Å². The number of rotatable bonds is 66. The van der Waals surface area contributed by atoms with E-state index in [2.05, 4.69) is 57.5 Å². The lowest BCUT2D eigenvalue weighted by Gasteiger charge is -2.28. The molecule has 512 valence electrons. The highest BCUT2D eigenvalue weighted by Crippen LogP contribution is 2.47. The summed E-state index contributed by atoms with van der Waals surface area (Å²) in [5.74, 6) is -0.862. The van der Waals surface area contributed by atoms with Crippen LogP contribution in [0.25, 0.3) is 0 Å². The standard InChI is InChI=1S/C69H141N6O10P/c1-7-13-19-25-31-37-61(76)55-73(56-62(77)38-32-26-20-14-8-2)49-46-70-67(82)43-52-86(85,53-44-68(83)71-47-50-74(57-63(78)39-33-27-21-15-9-3)58-64(79)40-34-28-22-16-10-4)54-45-69(84)72-48-51-75(59-65(80)41-35-29-23-17-11-5)60-66(81)42-36-30-24-18-12-6/h61-66,76-81H,7-60H2,1-6H3,(H,70,82)(H,71,83)(H,72,84). The fourth-order valence-electron chi connectivity index (χ4n) is 11.6. The highest BCUT2D eigenvalue weighted by Gasteiger charge is 2.27. The second-order valence-corrected chi connectivity index (χ2v) is 29.4. The maximum absolute atomic E-state index is 14.9. The van der Waals surface area contributed by atoms with Gasteiger partial charge in [-0.1, -0.05) is 234 Å². The van der Waals surface area contributed by atoms with E-state index in [1.165, 1.54) is 38.5 Å². The van der Waals surface area contributed by atoms with E-state index in [9.17, 15) is 49.6 Å². The lowest BCUT2D eigenvalue weighted by molar-refractivity contribution is -0.121. The summed E-state index contributed by atoms with van der Waals surface area (Å²) in [4.78, 5) is 46.8. The Kier molecular flexibility index (Phi) is 58.4. The van der Waals surface area contributed by atoms with Gasteiger partial charge in [0.1, 0.15) is 0 Å². The van der Waals surface area contributed by atoms with Crippen molar-refractivity contribution < 1.29 is 49.6 Å². The molecule has 0 spiro atoms. The van der Waals surface area contributed by atoms with Crippen molar-refractivity contribution in [2.45, 2.75) is 329 Å². The molecule has 3 amide bonds. The van der Waals surface area contributed by atoms with Crippen molar-refractivity contribution in [3.05, 3.63) is 0 Å². The van der Waals surface area contributed by atoms with Crippen molar-refractivity contribution >= 4 is 24.9 Å². The Hall–Kier alpha value is -1.72. The molecule has 17 heteroatoms. The Labute approximate surface area is 528 Å². The average Bonchev–Trinajstić information content (AvgIpc) is 3.68. The first-order valence-electron chi connectivity index (χ1n) is 36.2. The van der Waals surface area contributed by atoms with Gasteiger partial charge in [-0.2, -0.15) is 0 Å². The van der Waals surface area contributed by atoms with Crippen LogP contribution >= 0.6 is 7.14 Å². The number of nitrogens with one attached hydrogen (secondary N) is 3. The third-order valence-corrected chi connectivity index (χ3v) is 20.3. The molecule has 9 N–H and O–H groups in total. The lowest BCUT2D eigenvalue weighted by atomic mass is 10.1. The molecule has 0 bridgehead atoms. The van der Waals surface area contributed by atoms with Crippen molar-refractivity contribution in [1.82, 2.24) is 30.7 Å². The predicted molar refractivity (Wildman–Crippen MR) is 361 cm³/mol. The molecule has 6 atom stereocenters. The van der Waals surface area contributed by atoms with Crippen LogP contribution in [0.4, 0.5) is 0 Å². The minimum atomic E-state index is -3.27. The van der Waals surface area contributed by atoms with Crippen molar-refractivity contribution in [3.63, 3.8) is 0 Å². The van der Waals surface area contributed by atoms with Crippen LogP contribution in [0.3, 0.4) is 0 Å². The fourth-order valence-corrected chi connectivity index (χ4v) is 14.1. The monoisotopic (exact) mass is 1250 g/mol. The van der Waals surface area contributed by atoms with Crippen LogP contribution in [-0.2, 0) is 18.9 Å². The van der Waals surface area contributed by atoms with Crippen LogP contribution in [0.15, 0.2) is 0 Å². The SMILES string of the molecule is CCCCCCCC(O)CN(CCNC(=O)CCP(=O)(CCC(=O)NCCN(CC(O)CCCCCCC)CC(O)CCCCCCC)CCC(=O)NCCN(CC(O)CCCCCCC)CC(O)CCCCCCC)CC(O)CCCCCCC. The summed E-state index contributed by atoms with van der Waals surface area (Å²) in [6.45, 7) is 17.7. The van der Waals surface area contributed by atoms with Crippen LogP contribution < -0.4 is 16.0 Å². The Morgan fingerprint density at radius 2 is 0.477 bits per heavy atom. The van der Waals surface area contributed by atoms with Gasteiger partial charge < -0.3 is 51.2 Å². The van der Waals surface area contributed by atoms with Crippen molar-refractivity contribution in [3.8, 4) is 0 Å². The number of nitrogens with zero attached hydrogens (tertiary/aromatic N) is 3. The number of aliphatic hydroxyl groups is 6. The molecule has 0 rings (SSSR count). The van der Waals surface area contributed by atoms with Gasteiger partial charge in [-0.05, 0) is 38.5 Å². The van der Waals surface area contributed by atoms with E-state index in [4.69, 9.17) is 0 Å². The lowest BCUT2D eigenvalue weighted by Crippen LogP contribution is -2.42. The summed E-state index contributed by atoms with van der Waals surface area (Å²) in [5, 5.41) is 75.2. The summed E-state index contributed by atoms with van der Waals surface area (Å²) in [6.07, 6.45) is 33.8. The van der Waals surface area contributed by atoms with Gasteiger partial charge in [0.05, 0.1) is 43.8 Å². The smallest absolute Gasteiger partial charge is 0.220 e. The van der Waals surface area contributed by atoms with Crippen LogP contribution in [0.2, 0.25) is 0 Å². The molecule has 0 fully saturated rings. The van der Waals surface area contributed by atoms with E-state index in [0.717, 1.165) is 154 Å².